The third kappa shape index (κ3) is 16.6. The molecule has 2 nitrogen and oxygen atoms in total. The molecular weight excluding hydrogens is 416 g/mol. The molecule has 0 rings (SSSR count). The topological polar surface area (TPSA) is 29.5 Å². The van der Waals surface area contributed by atoms with Gasteiger partial charge in [0.15, 0.2) is 0 Å². The molecule has 0 saturated carbocycles. The molecule has 0 amide bonds. The molecule has 2 unspecified atom stereocenters. The molecule has 0 aromatic heterocycles. The lowest BCUT2D eigenvalue weighted by Crippen LogP contribution is -2.27. The van der Waals surface area contributed by atoms with Gasteiger partial charge in [0, 0.05) is 13.7 Å². The van der Waals surface area contributed by atoms with Gasteiger partial charge in [0.2, 0.25) is 0 Å². The Labute approximate surface area is 217 Å². The summed E-state index contributed by atoms with van der Waals surface area (Å²) in [6.45, 7) is 19.0. The zero-order valence-corrected chi connectivity index (χ0v) is 25.3. The Morgan fingerprint density at radius 3 is 1.59 bits per heavy atom. The Morgan fingerprint density at radius 2 is 1.12 bits per heavy atom. The zero-order chi connectivity index (χ0) is 26.2. The van der Waals surface area contributed by atoms with Gasteiger partial charge >= 0.3 is 0 Å². The average Bonchev–Trinajstić information content (AvgIpc) is 2.85. The standard InChI is InChI=1S/C30H62O2.C2H6/c1-8-18-27(19-9-2)28(12-5)30(31)22-17-15-13-14-16-21-25(6)29(20-10-3)26(11-4)23-24-32-7;1-2/h25-31H,8-24H2,1-7H3;1-2H3/t25-,26-,28?,29?,30+;/m0./s1. The van der Waals surface area contributed by atoms with E-state index < -0.39 is 0 Å². The molecule has 0 aliphatic carbocycles. The van der Waals surface area contributed by atoms with Crippen molar-refractivity contribution in [2.24, 2.45) is 29.6 Å². The van der Waals surface area contributed by atoms with Crippen molar-refractivity contribution in [3.8, 4) is 0 Å². The summed E-state index contributed by atoms with van der Waals surface area (Å²) in [7, 11) is 1.83. The molecule has 0 radical (unpaired) electrons. The molecule has 0 aliphatic heterocycles. The van der Waals surface area contributed by atoms with Gasteiger partial charge < -0.3 is 9.84 Å². The van der Waals surface area contributed by atoms with E-state index in [1.165, 1.54) is 89.9 Å². The van der Waals surface area contributed by atoms with Crippen LogP contribution >= 0.6 is 0 Å². The van der Waals surface area contributed by atoms with Gasteiger partial charge in [-0.05, 0) is 42.4 Å². The minimum atomic E-state index is -0.0870. The van der Waals surface area contributed by atoms with E-state index in [-0.39, 0.29) is 6.10 Å². The molecule has 0 bridgehead atoms. The Morgan fingerprint density at radius 1 is 0.588 bits per heavy atom. The lowest BCUT2D eigenvalue weighted by atomic mass is 9.75. The second-order valence-electron chi connectivity index (χ2n) is 10.7. The van der Waals surface area contributed by atoms with Crippen molar-refractivity contribution in [2.75, 3.05) is 13.7 Å². The molecule has 0 fully saturated rings. The smallest absolute Gasteiger partial charge is 0.0570 e. The van der Waals surface area contributed by atoms with E-state index in [0.717, 1.165) is 43.1 Å². The molecule has 208 valence electrons. The summed E-state index contributed by atoms with van der Waals surface area (Å²) >= 11 is 0. The second-order valence-corrected chi connectivity index (χ2v) is 10.7. The van der Waals surface area contributed by atoms with Crippen molar-refractivity contribution in [3.05, 3.63) is 0 Å². The van der Waals surface area contributed by atoms with Crippen LogP contribution in [0.5, 0.6) is 0 Å². The van der Waals surface area contributed by atoms with Crippen molar-refractivity contribution in [1.29, 1.82) is 0 Å². The molecule has 5 atom stereocenters. The van der Waals surface area contributed by atoms with Crippen LogP contribution in [0.1, 0.15) is 158 Å². The fourth-order valence-electron chi connectivity index (χ4n) is 6.32. The highest BCUT2D eigenvalue weighted by Crippen LogP contribution is 2.34. The number of unbranched alkanes of at least 4 members (excludes halogenated alkanes) is 4. The van der Waals surface area contributed by atoms with Crippen LogP contribution in [-0.4, -0.2) is 24.9 Å². The third-order valence-corrected chi connectivity index (χ3v) is 8.22. The number of hydrogen-bond donors (Lipinski definition) is 1. The lowest BCUT2D eigenvalue weighted by Gasteiger charge is -2.31. The van der Waals surface area contributed by atoms with E-state index in [9.17, 15) is 5.11 Å². The van der Waals surface area contributed by atoms with Crippen LogP contribution in [0.2, 0.25) is 0 Å². The summed E-state index contributed by atoms with van der Waals surface area (Å²) in [4.78, 5) is 0. The Kier molecular flexibility index (Phi) is 27.6. The molecular formula is C32H68O2. The van der Waals surface area contributed by atoms with Crippen LogP contribution in [0.15, 0.2) is 0 Å². The summed E-state index contributed by atoms with van der Waals surface area (Å²) < 4.78 is 5.38. The van der Waals surface area contributed by atoms with Crippen LogP contribution in [0.3, 0.4) is 0 Å². The lowest BCUT2D eigenvalue weighted by molar-refractivity contribution is 0.0535. The van der Waals surface area contributed by atoms with Crippen molar-refractivity contribution in [1.82, 2.24) is 0 Å². The highest BCUT2D eigenvalue weighted by molar-refractivity contribution is 4.77. The van der Waals surface area contributed by atoms with Gasteiger partial charge in [0.25, 0.3) is 0 Å². The van der Waals surface area contributed by atoms with Crippen LogP contribution in [0.4, 0.5) is 0 Å². The molecule has 0 aliphatic rings. The molecule has 34 heavy (non-hydrogen) atoms. The SMILES string of the molecule is CC.CCCC(CCC)C(CC)[C@H](O)CCCCCCC[C@H](C)C(CCC)[C@@H](CC)CCOC. The number of methoxy groups -OCH3 is 1. The van der Waals surface area contributed by atoms with Crippen molar-refractivity contribution < 1.29 is 9.84 Å². The van der Waals surface area contributed by atoms with Crippen LogP contribution in [-0.2, 0) is 4.74 Å². The van der Waals surface area contributed by atoms with Crippen LogP contribution in [0, 0.1) is 29.6 Å². The molecule has 0 aromatic carbocycles. The van der Waals surface area contributed by atoms with Crippen LogP contribution in [0.25, 0.3) is 0 Å². The van der Waals surface area contributed by atoms with Crippen molar-refractivity contribution in [3.63, 3.8) is 0 Å². The van der Waals surface area contributed by atoms with E-state index in [2.05, 4.69) is 41.5 Å². The first kappa shape index (κ1) is 36.1. The van der Waals surface area contributed by atoms with E-state index in [0.29, 0.717) is 5.92 Å². The summed E-state index contributed by atoms with van der Waals surface area (Å²) in [5.41, 5.74) is 0. The first-order valence-corrected chi connectivity index (χ1v) is 15.7. The quantitative estimate of drug-likeness (QED) is 0.146. The van der Waals surface area contributed by atoms with Gasteiger partial charge in [0.1, 0.15) is 0 Å². The molecule has 1 N–H and O–H groups in total. The second kappa shape index (κ2) is 26.0. The number of hydrogen-bond acceptors (Lipinski definition) is 2. The van der Waals surface area contributed by atoms with E-state index in [1.807, 2.05) is 21.0 Å². The van der Waals surface area contributed by atoms with Gasteiger partial charge in [-0.25, -0.2) is 0 Å². The fourth-order valence-corrected chi connectivity index (χ4v) is 6.32. The predicted octanol–water partition coefficient (Wildman–Crippen LogP) is 10.5. The molecule has 2 heteroatoms. The summed E-state index contributed by atoms with van der Waals surface area (Å²) in [6.07, 6.45) is 20.2. The van der Waals surface area contributed by atoms with Crippen LogP contribution < -0.4 is 0 Å². The first-order valence-electron chi connectivity index (χ1n) is 15.7. The highest BCUT2D eigenvalue weighted by atomic mass is 16.5. The summed E-state index contributed by atoms with van der Waals surface area (Å²) in [5, 5.41) is 10.8. The summed E-state index contributed by atoms with van der Waals surface area (Å²) in [5.74, 6) is 3.75. The Bertz CT molecular complexity index is 377. The Hall–Kier alpha value is -0.0800. The van der Waals surface area contributed by atoms with Gasteiger partial charge in [-0.15, -0.1) is 0 Å². The predicted molar refractivity (Wildman–Crippen MR) is 155 cm³/mol. The third-order valence-electron chi connectivity index (χ3n) is 8.22. The van der Waals surface area contributed by atoms with E-state index >= 15 is 0 Å². The maximum absolute atomic E-state index is 10.8. The van der Waals surface area contributed by atoms with Gasteiger partial charge in [-0.2, -0.15) is 0 Å². The highest BCUT2D eigenvalue weighted by Gasteiger charge is 2.26. The monoisotopic (exact) mass is 485 g/mol. The van der Waals surface area contributed by atoms with Crippen molar-refractivity contribution >= 4 is 0 Å². The average molecular weight is 485 g/mol. The van der Waals surface area contributed by atoms with Crippen molar-refractivity contribution in [2.45, 2.75) is 164 Å². The largest absolute Gasteiger partial charge is 0.393 e. The summed E-state index contributed by atoms with van der Waals surface area (Å²) in [6, 6.07) is 0. The van der Waals surface area contributed by atoms with Gasteiger partial charge in [0.05, 0.1) is 6.10 Å². The molecule has 0 aromatic rings. The maximum Gasteiger partial charge on any atom is 0.0570 e. The first-order chi connectivity index (χ1) is 16.5. The maximum atomic E-state index is 10.8. The van der Waals surface area contributed by atoms with Gasteiger partial charge in [-0.1, -0.05) is 145 Å². The number of aliphatic hydroxyl groups is 1. The van der Waals surface area contributed by atoms with E-state index in [1.54, 1.807) is 0 Å². The zero-order valence-electron chi connectivity index (χ0n) is 25.3. The number of rotatable bonds is 23. The number of aliphatic hydroxyl groups excluding tert-OH is 1. The number of ether oxygens (including phenoxy) is 1. The molecule has 0 saturated heterocycles. The van der Waals surface area contributed by atoms with E-state index in [4.69, 9.17) is 4.74 Å². The molecule has 0 heterocycles. The normalized spacial score (nSPS) is 16.0. The fraction of sp³-hybridized carbons (Fsp3) is 1.00. The Balaban J connectivity index is 0. The minimum absolute atomic E-state index is 0.0870. The minimum Gasteiger partial charge on any atom is -0.393 e. The van der Waals surface area contributed by atoms with Gasteiger partial charge in [-0.3, -0.25) is 0 Å². The molecule has 0 spiro atoms.